The second kappa shape index (κ2) is 6.67. The summed E-state index contributed by atoms with van der Waals surface area (Å²) in [5.41, 5.74) is 1.31. The van der Waals surface area contributed by atoms with Gasteiger partial charge >= 0.3 is 0 Å². The zero-order valence-corrected chi connectivity index (χ0v) is 12.0. The Hall–Kier alpha value is -2.67. The van der Waals surface area contributed by atoms with Gasteiger partial charge in [0.15, 0.2) is 5.11 Å². The fraction of sp³-hybridized carbons (Fsp3) is 0.0714. The third-order valence-corrected chi connectivity index (χ3v) is 2.85. The van der Waals surface area contributed by atoms with Crippen molar-refractivity contribution in [2.75, 3.05) is 17.7 Å². The molecule has 0 heterocycles. The summed E-state index contributed by atoms with van der Waals surface area (Å²) in [6.07, 6.45) is 0. The summed E-state index contributed by atoms with van der Waals surface area (Å²) in [7, 11) is 1.58. The Morgan fingerprint density at radius 2 is 1.76 bits per heavy atom. The first-order chi connectivity index (χ1) is 10.1. The number of nitrogens with zero attached hydrogens (tertiary/aromatic N) is 1. The number of nitro groups is 1. The van der Waals surface area contributed by atoms with Crippen LogP contribution in [0.15, 0.2) is 48.5 Å². The van der Waals surface area contributed by atoms with Crippen molar-refractivity contribution in [2.24, 2.45) is 0 Å². The minimum Gasteiger partial charge on any atom is -0.497 e. The van der Waals surface area contributed by atoms with E-state index in [1.807, 2.05) is 18.2 Å². The molecule has 2 aromatic carbocycles. The first-order valence-corrected chi connectivity index (χ1v) is 6.46. The van der Waals surface area contributed by atoms with Crippen LogP contribution in [-0.2, 0) is 0 Å². The lowest BCUT2D eigenvalue weighted by molar-refractivity contribution is -0.384. The van der Waals surface area contributed by atoms with Crippen molar-refractivity contribution in [1.82, 2.24) is 0 Å². The molecule has 0 radical (unpaired) electrons. The first kappa shape index (κ1) is 14.7. The third-order valence-electron chi connectivity index (χ3n) is 2.64. The van der Waals surface area contributed by atoms with E-state index >= 15 is 0 Å². The molecule has 0 saturated heterocycles. The molecular formula is C14H13N3O3S. The van der Waals surface area contributed by atoms with Crippen molar-refractivity contribution in [2.45, 2.75) is 0 Å². The maximum Gasteiger partial charge on any atom is 0.271 e. The highest BCUT2D eigenvalue weighted by atomic mass is 32.1. The summed E-state index contributed by atoms with van der Waals surface area (Å²) in [6, 6.07) is 13.4. The molecule has 0 spiro atoms. The zero-order valence-electron chi connectivity index (χ0n) is 11.2. The molecule has 2 N–H and O–H groups in total. The monoisotopic (exact) mass is 303 g/mol. The summed E-state index contributed by atoms with van der Waals surface area (Å²) in [4.78, 5) is 10.3. The molecule has 0 bridgehead atoms. The minimum absolute atomic E-state index is 0.00387. The van der Waals surface area contributed by atoms with Crippen molar-refractivity contribution in [3.63, 3.8) is 0 Å². The van der Waals surface area contributed by atoms with Crippen LogP contribution in [0.25, 0.3) is 0 Å². The summed E-state index contributed by atoms with van der Waals surface area (Å²) in [6.45, 7) is 0. The Balaban J connectivity index is 2.04. The van der Waals surface area contributed by atoms with Crippen molar-refractivity contribution < 1.29 is 9.66 Å². The Labute approximate surface area is 126 Å². The predicted octanol–water partition coefficient (Wildman–Crippen LogP) is 3.41. The number of hydrogen-bond acceptors (Lipinski definition) is 4. The maximum absolute atomic E-state index is 10.7. The van der Waals surface area contributed by atoms with E-state index in [-0.39, 0.29) is 5.69 Å². The fourth-order valence-electron chi connectivity index (χ4n) is 1.69. The second-order valence-electron chi connectivity index (χ2n) is 4.12. The van der Waals surface area contributed by atoms with Crippen LogP contribution >= 0.6 is 12.2 Å². The molecule has 7 heteroatoms. The SMILES string of the molecule is COc1cccc(NC(=S)Nc2cccc([N+](=O)[O-])c2)c1. The molecule has 2 rings (SSSR count). The van der Waals surface area contributed by atoms with Crippen molar-refractivity contribution in [3.8, 4) is 5.75 Å². The lowest BCUT2D eigenvalue weighted by atomic mass is 10.3. The molecule has 0 saturated carbocycles. The molecule has 0 aliphatic heterocycles. The van der Waals surface area contributed by atoms with Gasteiger partial charge in [-0.2, -0.15) is 0 Å². The maximum atomic E-state index is 10.7. The highest BCUT2D eigenvalue weighted by molar-refractivity contribution is 7.80. The fourth-order valence-corrected chi connectivity index (χ4v) is 1.93. The molecule has 0 aromatic heterocycles. The van der Waals surface area contributed by atoms with Gasteiger partial charge in [0.2, 0.25) is 0 Å². The molecule has 0 atom stereocenters. The third kappa shape index (κ3) is 4.15. The second-order valence-corrected chi connectivity index (χ2v) is 4.53. The van der Waals surface area contributed by atoms with E-state index in [1.165, 1.54) is 12.1 Å². The number of nitro benzene ring substituents is 1. The number of anilines is 2. The van der Waals surface area contributed by atoms with Gasteiger partial charge < -0.3 is 15.4 Å². The molecule has 0 amide bonds. The van der Waals surface area contributed by atoms with Gasteiger partial charge in [0.05, 0.1) is 12.0 Å². The van der Waals surface area contributed by atoms with Crippen molar-refractivity contribution in [1.29, 1.82) is 0 Å². The summed E-state index contributed by atoms with van der Waals surface area (Å²) < 4.78 is 5.12. The highest BCUT2D eigenvalue weighted by Gasteiger charge is 2.06. The van der Waals surface area contributed by atoms with Gasteiger partial charge in [0.1, 0.15) is 5.75 Å². The van der Waals surface area contributed by atoms with Gasteiger partial charge in [0.25, 0.3) is 5.69 Å². The zero-order chi connectivity index (χ0) is 15.2. The van der Waals surface area contributed by atoms with Gasteiger partial charge in [-0.05, 0) is 30.4 Å². The molecule has 0 fully saturated rings. The highest BCUT2D eigenvalue weighted by Crippen LogP contribution is 2.19. The molecule has 21 heavy (non-hydrogen) atoms. The molecule has 0 aliphatic carbocycles. The lowest BCUT2D eigenvalue weighted by Crippen LogP contribution is -2.19. The van der Waals surface area contributed by atoms with Crippen LogP contribution in [0.1, 0.15) is 0 Å². The van der Waals surface area contributed by atoms with Gasteiger partial charge in [-0.3, -0.25) is 10.1 Å². The van der Waals surface area contributed by atoms with Crippen LogP contribution in [0.3, 0.4) is 0 Å². The van der Waals surface area contributed by atoms with Gasteiger partial charge in [-0.25, -0.2) is 0 Å². The Kier molecular flexibility index (Phi) is 4.68. The predicted molar refractivity (Wildman–Crippen MR) is 85.9 cm³/mol. The Morgan fingerprint density at radius 3 is 2.38 bits per heavy atom. The van der Waals surface area contributed by atoms with Crippen LogP contribution in [0, 0.1) is 10.1 Å². The van der Waals surface area contributed by atoms with Crippen molar-refractivity contribution >= 4 is 34.4 Å². The quantitative estimate of drug-likeness (QED) is 0.512. The van der Waals surface area contributed by atoms with Crippen LogP contribution in [0.2, 0.25) is 0 Å². The van der Waals surface area contributed by atoms with Gasteiger partial charge in [-0.15, -0.1) is 0 Å². The van der Waals surface area contributed by atoms with Crippen LogP contribution in [0.4, 0.5) is 17.1 Å². The Morgan fingerprint density at radius 1 is 1.14 bits per heavy atom. The normalized spacial score (nSPS) is 9.76. The van der Waals surface area contributed by atoms with E-state index in [0.29, 0.717) is 16.5 Å². The number of benzene rings is 2. The standard InChI is InChI=1S/C14H13N3O3S/c1-20-13-7-3-5-11(9-13)16-14(21)15-10-4-2-6-12(8-10)17(18)19/h2-9H,1H3,(H2,15,16,21). The average Bonchev–Trinajstić information content (AvgIpc) is 2.47. The molecular weight excluding hydrogens is 290 g/mol. The topological polar surface area (TPSA) is 76.4 Å². The Bertz CT molecular complexity index is 676. The minimum atomic E-state index is -0.455. The summed E-state index contributed by atoms with van der Waals surface area (Å²) in [5, 5.41) is 16.9. The molecule has 0 unspecified atom stereocenters. The molecule has 108 valence electrons. The van der Waals surface area contributed by atoms with Crippen LogP contribution in [-0.4, -0.2) is 17.1 Å². The number of hydrogen-bond donors (Lipinski definition) is 2. The number of rotatable bonds is 4. The average molecular weight is 303 g/mol. The lowest BCUT2D eigenvalue weighted by Gasteiger charge is -2.11. The van der Waals surface area contributed by atoms with Crippen LogP contribution < -0.4 is 15.4 Å². The molecule has 0 aliphatic rings. The van der Waals surface area contributed by atoms with E-state index < -0.39 is 4.92 Å². The smallest absolute Gasteiger partial charge is 0.271 e. The van der Waals surface area contributed by atoms with E-state index in [0.717, 1.165) is 5.69 Å². The molecule has 2 aromatic rings. The molecule has 6 nitrogen and oxygen atoms in total. The summed E-state index contributed by atoms with van der Waals surface area (Å²) >= 11 is 5.17. The number of thiocarbonyl (C=S) groups is 1. The number of methoxy groups -OCH3 is 1. The van der Waals surface area contributed by atoms with E-state index in [4.69, 9.17) is 17.0 Å². The number of ether oxygens (including phenoxy) is 1. The van der Waals surface area contributed by atoms with Crippen LogP contribution in [0.5, 0.6) is 5.75 Å². The van der Waals surface area contributed by atoms with E-state index in [9.17, 15) is 10.1 Å². The first-order valence-electron chi connectivity index (χ1n) is 6.05. The van der Waals surface area contributed by atoms with Gasteiger partial charge in [0, 0.05) is 29.6 Å². The van der Waals surface area contributed by atoms with Gasteiger partial charge in [-0.1, -0.05) is 12.1 Å². The van der Waals surface area contributed by atoms with E-state index in [1.54, 1.807) is 25.3 Å². The summed E-state index contributed by atoms with van der Waals surface area (Å²) in [5.74, 6) is 0.707. The van der Waals surface area contributed by atoms with E-state index in [2.05, 4.69) is 10.6 Å². The number of nitrogens with one attached hydrogen (secondary N) is 2. The number of non-ortho nitro benzene ring substituents is 1. The largest absolute Gasteiger partial charge is 0.497 e. The van der Waals surface area contributed by atoms with Crippen molar-refractivity contribution in [3.05, 3.63) is 58.6 Å².